The molecule has 0 amide bonds. The summed E-state index contributed by atoms with van der Waals surface area (Å²) in [4.78, 5) is 10.6. The van der Waals surface area contributed by atoms with Gasteiger partial charge in [-0.15, -0.1) is 0 Å². The fourth-order valence-corrected chi connectivity index (χ4v) is 9.22. The van der Waals surface area contributed by atoms with Crippen LogP contribution in [0.2, 0.25) is 0 Å². The zero-order valence-corrected chi connectivity index (χ0v) is 41.0. The SMILES string of the molecule is CC(C)(C)c1cc(-c2cc(-c3ccc(C(C)(C)c4ccccc4)cc3)ccn2)cc(-c2cccc3c2nc(-c2cc(C(C)(C)C)ccc2O)n3-c2ccc(C(C)(C)C)cc2-c2ccccc2)c1. The van der Waals surface area contributed by atoms with E-state index in [1.165, 1.54) is 22.3 Å². The predicted octanol–water partition coefficient (Wildman–Crippen LogP) is 16.7. The Morgan fingerprint density at radius 2 is 0.985 bits per heavy atom. The topological polar surface area (TPSA) is 50.9 Å². The maximum absolute atomic E-state index is 11.8. The van der Waals surface area contributed by atoms with Crippen LogP contribution in [0.25, 0.3) is 72.7 Å². The first kappa shape index (κ1) is 45.1. The molecule has 0 saturated heterocycles. The average Bonchev–Trinajstić information content (AvgIpc) is 3.70. The maximum Gasteiger partial charge on any atom is 0.149 e. The summed E-state index contributed by atoms with van der Waals surface area (Å²) in [7, 11) is 0. The van der Waals surface area contributed by atoms with Gasteiger partial charge in [-0.05, 0) is 121 Å². The number of aromatic nitrogens is 3. The second-order valence-electron chi connectivity index (χ2n) is 21.8. The summed E-state index contributed by atoms with van der Waals surface area (Å²) in [6, 6.07) is 60.8. The monoisotopic (exact) mass is 877 g/mol. The van der Waals surface area contributed by atoms with Crippen LogP contribution in [-0.2, 0) is 21.7 Å². The normalized spacial score (nSPS) is 12.5. The van der Waals surface area contributed by atoms with Gasteiger partial charge in [-0.25, -0.2) is 4.98 Å². The third-order valence-electron chi connectivity index (χ3n) is 13.6. The van der Waals surface area contributed by atoms with Crippen molar-refractivity contribution in [2.45, 2.75) is 97.8 Å². The first-order valence-corrected chi connectivity index (χ1v) is 23.6. The molecule has 0 aliphatic carbocycles. The van der Waals surface area contributed by atoms with Gasteiger partial charge in [-0.1, -0.05) is 191 Å². The van der Waals surface area contributed by atoms with Gasteiger partial charge in [-0.2, -0.15) is 0 Å². The van der Waals surface area contributed by atoms with E-state index in [2.05, 4.69) is 238 Å². The van der Waals surface area contributed by atoms with Crippen molar-refractivity contribution >= 4 is 11.0 Å². The van der Waals surface area contributed by atoms with Crippen molar-refractivity contribution < 1.29 is 5.11 Å². The number of phenols is 1. The molecule has 2 aromatic heterocycles. The Hall–Kier alpha value is -7.04. The molecule has 9 aromatic rings. The lowest BCUT2D eigenvalue weighted by molar-refractivity contribution is 0.475. The molecule has 0 saturated carbocycles. The van der Waals surface area contributed by atoms with Gasteiger partial charge in [-0.3, -0.25) is 9.55 Å². The summed E-state index contributed by atoms with van der Waals surface area (Å²) in [5.74, 6) is 0.877. The van der Waals surface area contributed by atoms with E-state index in [1.54, 1.807) is 0 Å². The summed E-state index contributed by atoms with van der Waals surface area (Å²) in [5.41, 5.74) is 17.6. The third kappa shape index (κ3) is 8.86. The Morgan fingerprint density at radius 3 is 1.64 bits per heavy atom. The number of hydrogen-bond donors (Lipinski definition) is 1. The number of rotatable bonds is 8. The van der Waals surface area contributed by atoms with E-state index in [0.717, 1.165) is 66.9 Å². The van der Waals surface area contributed by atoms with Gasteiger partial charge in [0.05, 0.1) is 28.0 Å². The van der Waals surface area contributed by atoms with E-state index in [-0.39, 0.29) is 27.4 Å². The molecule has 336 valence electrons. The summed E-state index contributed by atoms with van der Waals surface area (Å²) in [6.07, 6.45) is 1.93. The van der Waals surface area contributed by atoms with E-state index in [4.69, 9.17) is 9.97 Å². The van der Waals surface area contributed by atoms with Gasteiger partial charge in [0.25, 0.3) is 0 Å². The quantitative estimate of drug-likeness (QED) is 0.165. The lowest BCUT2D eigenvalue weighted by Crippen LogP contribution is -2.18. The summed E-state index contributed by atoms with van der Waals surface area (Å²) >= 11 is 0. The number of nitrogens with zero attached hydrogens (tertiary/aromatic N) is 3. The molecule has 0 spiro atoms. The molecule has 0 aliphatic heterocycles. The van der Waals surface area contributed by atoms with Gasteiger partial charge in [0.15, 0.2) is 0 Å². The van der Waals surface area contributed by atoms with Crippen molar-refractivity contribution in [2.24, 2.45) is 0 Å². The Kier molecular flexibility index (Phi) is 11.4. The largest absolute Gasteiger partial charge is 0.507 e. The Bertz CT molecular complexity index is 3240. The number of phenolic OH excluding ortho intramolecular Hbond substituents is 1. The molecular formula is C63H63N3O. The maximum atomic E-state index is 11.8. The molecular weight excluding hydrogens is 815 g/mol. The molecule has 0 atom stereocenters. The van der Waals surface area contributed by atoms with Crippen LogP contribution in [0.3, 0.4) is 0 Å². The molecule has 9 rings (SSSR count). The molecule has 0 fully saturated rings. The highest BCUT2D eigenvalue weighted by atomic mass is 16.3. The van der Waals surface area contributed by atoms with Crippen molar-refractivity contribution in [3.8, 4) is 67.5 Å². The van der Waals surface area contributed by atoms with Crippen molar-refractivity contribution in [3.63, 3.8) is 0 Å². The highest BCUT2D eigenvalue weighted by Crippen LogP contribution is 2.44. The van der Waals surface area contributed by atoms with Crippen molar-refractivity contribution in [1.82, 2.24) is 14.5 Å². The molecule has 0 unspecified atom stereocenters. The summed E-state index contributed by atoms with van der Waals surface area (Å²) in [6.45, 7) is 24.8. The predicted molar refractivity (Wildman–Crippen MR) is 282 cm³/mol. The minimum absolute atomic E-state index is 0.0666. The van der Waals surface area contributed by atoms with Crippen LogP contribution in [0.4, 0.5) is 0 Å². The third-order valence-corrected chi connectivity index (χ3v) is 13.6. The number of imidazole rings is 1. The van der Waals surface area contributed by atoms with E-state index < -0.39 is 0 Å². The number of para-hydroxylation sites is 1. The Labute approximate surface area is 398 Å². The van der Waals surface area contributed by atoms with Gasteiger partial charge in [0.2, 0.25) is 0 Å². The molecule has 4 nitrogen and oxygen atoms in total. The number of fused-ring (bicyclic) bond motifs is 1. The molecule has 0 bridgehead atoms. The molecule has 67 heavy (non-hydrogen) atoms. The lowest BCUT2D eigenvalue weighted by Gasteiger charge is -2.26. The standard InChI is InChI=1S/C63H63N3O/c1-60(2,3)48-29-31-55(52(39-48)42-19-14-12-15-20-42)66-56-24-18-23-51(58(56)65-59(66)53-40-49(61(4,5)6)30-32-57(53)67)44-35-45(37-50(36-44)62(7,8)9)54-38-43(33-34-64-54)41-25-27-47(28-26-41)63(10,11)46-21-16-13-17-22-46/h12-40,67H,1-11H3. The molecule has 0 radical (unpaired) electrons. The second kappa shape index (κ2) is 17.0. The Balaban J connectivity index is 1.23. The van der Waals surface area contributed by atoms with Crippen LogP contribution in [0.5, 0.6) is 5.75 Å². The lowest BCUT2D eigenvalue weighted by atomic mass is 9.78. The van der Waals surface area contributed by atoms with E-state index in [9.17, 15) is 5.11 Å². The van der Waals surface area contributed by atoms with Gasteiger partial charge >= 0.3 is 0 Å². The number of benzene rings is 7. The summed E-state index contributed by atoms with van der Waals surface area (Å²) in [5, 5.41) is 11.8. The first-order valence-electron chi connectivity index (χ1n) is 23.6. The Morgan fingerprint density at radius 1 is 0.403 bits per heavy atom. The van der Waals surface area contributed by atoms with Crippen molar-refractivity contribution in [3.05, 3.63) is 204 Å². The van der Waals surface area contributed by atoms with E-state index in [0.29, 0.717) is 11.4 Å². The van der Waals surface area contributed by atoms with Crippen LogP contribution in [0.1, 0.15) is 104 Å². The average molecular weight is 878 g/mol. The van der Waals surface area contributed by atoms with Crippen molar-refractivity contribution in [1.29, 1.82) is 0 Å². The summed E-state index contributed by atoms with van der Waals surface area (Å²) < 4.78 is 2.26. The zero-order chi connectivity index (χ0) is 47.5. The zero-order valence-electron chi connectivity index (χ0n) is 41.0. The van der Waals surface area contributed by atoms with Crippen LogP contribution >= 0.6 is 0 Å². The van der Waals surface area contributed by atoms with Crippen LogP contribution in [0, 0.1) is 0 Å². The molecule has 2 heterocycles. The molecule has 1 N–H and O–H groups in total. The van der Waals surface area contributed by atoms with Crippen LogP contribution in [0.15, 0.2) is 176 Å². The van der Waals surface area contributed by atoms with Gasteiger partial charge in [0.1, 0.15) is 11.6 Å². The van der Waals surface area contributed by atoms with E-state index in [1.807, 2.05) is 18.3 Å². The highest BCUT2D eigenvalue weighted by Gasteiger charge is 2.27. The number of pyridine rings is 1. The van der Waals surface area contributed by atoms with Crippen molar-refractivity contribution in [2.75, 3.05) is 0 Å². The van der Waals surface area contributed by atoms with Crippen LogP contribution < -0.4 is 0 Å². The first-order chi connectivity index (χ1) is 31.8. The van der Waals surface area contributed by atoms with Crippen LogP contribution in [-0.4, -0.2) is 19.6 Å². The molecule has 7 aromatic carbocycles. The van der Waals surface area contributed by atoms with E-state index >= 15 is 0 Å². The van der Waals surface area contributed by atoms with Gasteiger partial charge in [0, 0.05) is 28.3 Å². The molecule has 0 aliphatic rings. The fraction of sp³-hybridized carbons (Fsp3) is 0.238. The number of aromatic hydroxyl groups is 1. The minimum atomic E-state index is -0.152. The second-order valence-corrected chi connectivity index (χ2v) is 21.8. The molecule has 4 heteroatoms. The fourth-order valence-electron chi connectivity index (χ4n) is 9.22. The highest BCUT2D eigenvalue weighted by molar-refractivity contribution is 5.98. The number of hydrogen-bond acceptors (Lipinski definition) is 3. The van der Waals surface area contributed by atoms with Gasteiger partial charge < -0.3 is 5.11 Å². The smallest absolute Gasteiger partial charge is 0.149 e. The minimum Gasteiger partial charge on any atom is -0.507 e.